The van der Waals surface area contributed by atoms with Crippen LogP contribution >= 0.6 is 15.9 Å². The predicted octanol–water partition coefficient (Wildman–Crippen LogP) is 7.45. The zero-order valence-electron chi connectivity index (χ0n) is 13.7. The molecule has 0 aromatic heterocycles. The maximum absolute atomic E-state index is 3.59. The third-order valence-corrected chi connectivity index (χ3v) is 4.80. The molecule has 0 heterocycles. The second kappa shape index (κ2) is 7.08. The first-order valence-corrected chi connectivity index (χ1v) is 9.11. The summed E-state index contributed by atoms with van der Waals surface area (Å²) in [7, 11) is 0. The molecule has 25 heavy (non-hydrogen) atoms. The largest absolute Gasteiger partial charge is 0.0622 e. The van der Waals surface area contributed by atoms with Gasteiger partial charge in [-0.3, -0.25) is 0 Å². The summed E-state index contributed by atoms with van der Waals surface area (Å²) in [5.41, 5.74) is 7.37. The molecule has 4 aromatic rings. The van der Waals surface area contributed by atoms with Gasteiger partial charge in [0.05, 0.1) is 0 Å². The van der Waals surface area contributed by atoms with E-state index in [1.54, 1.807) is 0 Å². The van der Waals surface area contributed by atoms with Gasteiger partial charge in [-0.25, -0.2) is 0 Å². The van der Waals surface area contributed by atoms with E-state index < -0.39 is 0 Å². The summed E-state index contributed by atoms with van der Waals surface area (Å²) in [6.45, 7) is 0. The predicted molar refractivity (Wildman–Crippen MR) is 110 cm³/mol. The molecule has 0 N–H and O–H groups in total. The fourth-order valence-electron chi connectivity index (χ4n) is 3.06. The highest BCUT2D eigenvalue weighted by molar-refractivity contribution is 9.10. The lowest BCUT2D eigenvalue weighted by atomic mass is 9.93. The van der Waals surface area contributed by atoms with Crippen molar-refractivity contribution in [3.63, 3.8) is 0 Å². The second-order valence-corrected chi connectivity index (χ2v) is 6.96. The molecule has 0 radical (unpaired) electrons. The van der Waals surface area contributed by atoms with E-state index in [1.165, 1.54) is 33.4 Å². The number of hydrogen-bond donors (Lipinski definition) is 0. The van der Waals surface area contributed by atoms with Gasteiger partial charge in [-0.05, 0) is 63.7 Å². The van der Waals surface area contributed by atoms with E-state index in [1.807, 2.05) is 0 Å². The molecule has 0 unspecified atom stereocenters. The zero-order valence-corrected chi connectivity index (χ0v) is 15.3. The van der Waals surface area contributed by atoms with Crippen LogP contribution in [-0.4, -0.2) is 0 Å². The topological polar surface area (TPSA) is 0 Å². The molecule has 0 saturated carbocycles. The minimum absolute atomic E-state index is 1.09. The fraction of sp³-hybridized carbons (Fsp3) is 0. The van der Waals surface area contributed by atoms with Crippen LogP contribution in [-0.2, 0) is 0 Å². The Labute approximate surface area is 156 Å². The van der Waals surface area contributed by atoms with Crippen LogP contribution in [0.4, 0.5) is 0 Å². The maximum atomic E-state index is 3.59. The van der Waals surface area contributed by atoms with Gasteiger partial charge in [0.15, 0.2) is 0 Å². The van der Waals surface area contributed by atoms with Crippen molar-refractivity contribution in [1.82, 2.24) is 0 Å². The number of hydrogen-bond acceptors (Lipinski definition) is 0. The van der Waals surface area contributed by atoms with Crippen molar-refractivity contribution in [3.05, 3.63) is 108 Å². The molecule has 0 spiro atoms. The molecule has 120 valence electrons. The minimum atomic E-state index is 1.09. The van der Waals surface area contributed by atoms with E-state index in [0.717, 1.165) is 4.47 Å². The monoisotopic (exact) mass is 384 g/mol. The van der Waals surface area contributed by atoms with Crippen LogP contribution in [0.2, 0.25) is 0 Å². The van der Waals surface area contributed by atoms with E-state index in [4.69, 9.17) is 0 Å². The molecule has 1 heteroatoms. The van der Waals surface area contributed by atoms with Gasteiger partial charge in [-0.1, -0.05) is 88.7 Å². The average Bonchev–Trinajstić information content (AvgIpc) is 2.69. The third kappa shape index (κ3) is 3.57. The molecule has 0 nitrogen and oxygen atoms in total. The van der Waals surface area contributed by atoms with Gasteiger partial charge in [0.25, 0.3) is 0 Å². The van der Waals surface area contributed by atoms with Crippen molar-refractivity contribution in [2.24, 2.45) is 0 Å². The first kappa shape index (κ1) is 15.9. The highest BCUT2D eigenvalue weighted by atomic mass is 79.9. The smallest absolute Gasteiger partial charge is 0.0181 e. The molecule has 0 saturated heterocycles. The molecule has 4 aromatic carbocycles. The summed E-state index contributed by atoms with van der Waals surface area (Å²) in [5.74, 6) is 0. The molecule has 0 aliphatic rings. The minimum Gasteiger partial charge on any atom is -0.0622 e. The molecule has 0 fully saturated rings. The summed E-state index contributed by atoms with van der Waals surface area (Å²) in [6.07, 6.45) is 0. The Kier molecular flexibility index (Phi) is 4.49. The standard InChI is InChI=1S/C24H17Br/c25-24-13-7-12-20(17-24)23-15-21(18-8-3-1-4-9-18)14-22(16-23)19-10-5-2-6-11-19/h1-17H. The van der Waals surface area contributed by atoms with Crippen LogP contribution in [0.5, 0.6) is 0 Å². The number of benzene rings is 4. The van der Waals surface area contributed by atoms with Crippen LogP contribution in [0.1, 0.15) is 0 Å². The van der Waals surface area contributed by atoms with Crippen molar-refractivity contribution in [1.29, 1.82) is 0 Å². The highest BCUT2D eigenvalue weighted by Crippen LogP contribution is 2.33. The second-order valence-electron chi connectivity index (χ2n) is 6.04. The van der Waals surface area contributed by atoms with E-state index in [0.29, 0.717) is 0 Å². The normalized spacial score (nSPS) is 10.6. The molecule has 0 amide bonds. The summed E-state index contributed by atoms with van der Waals surface area (Å²) in [6, 6.07) is 36.4. The van der Waals surface area contributed by atoms with Gasteiger partial charge in [-0.2, -0.15) is 0 Å². The Balaban J connectivity index is 1.92. The SMILES string of the molecule is Brc1cccc(-c2cc(-c3ccccc3)cc(-c3ccccc3)c2)c1. The number of halogens is 1. The Morgan fingerprint density at radius 3 is 1.28 bits per heavy atom. The van der Waals surface area contributed by atoms with Crippen LogP contribution in [0.3, 0.4) is 0 Å². The molecule has 0 aliphatic heterocycles. The molecule has 4 rings (SSSR count). The van der Waals surface area contributed by atoms with E-state index in [9.17, 15) is 0 Å². The Hall–Kier alpha value is -2.64. The van der Waals surface area contributed by atoms with Crippen LogP contribution in [0.15, 0.2) is 108 Å². The van der Waals surface area contributed by atoms with Gasteiger partial charge in [0.1, 0.15) is 0 Å². The zero-order chi connectivity index (χ0) is 17.1. The van der Waals surface area contributed by atoms with E-state index in [-0.39, 0.29) is 0 Å². The Morgan fingerprint density at radius 2 is 0.800 bits per heavy atom. The van der Waals surface area contributed by atoms with E-state index in [2.05, 4.69) is 119 Å². The van der Waals surface area contributed by atoms with Crippen LogP contribution in [0.25, 0.3) is 33.4 Å². The van der Waals surface area contributed by atoms with Crippen molar-refractivity contribution in [2.75, 3.05) is 0 Å². The molecule has 0 aliphatic carbocycles. The van der Waals surface area contributed by atoms with Gasteiger partial charge in [-0.15, -0.1) is 0 Å². The van der Waals surface area contributed by atoms with Crippen molar-refractivity contribution < 1.29 is 0 Å². The lowest BCUT2D eigenvalue weighted by Crippen LogP contribution is -1.86. The van der Waals surface area contributed by atoms with Crippen molar-refractivity contribution >= 4 is 15.9 Å². The Bertz CT molecular complexity index is 931. The lowest BCUT2D eigenvalue weighted by Gasteiger charge is -2.11. The fourth-order valence-corrected chi connectivity index (χ4v) is 3.46. The average molecular weight is 385 g/mol. The van der Waals surface area contributed by atoms with Gasteiger partial charge < -0.3 is 0 Å². The molecule has 0 bridgehead atoms. The first-order chi connectivity index (χ1) is 12.3. The van der Waals surface area contributed by atoms with Crippen molar-refractivity contribution in [2.45, 2.75) is 0 Å². The van der Waals surface area contributed by atoms with Gasteiger partial charge >= 0.3 is 0 Å². The maximum Gasteiger partial charge on any atom is 0.0181 e. The molecular formula is C24H17Br. The van der Waals surface area contributed by atoms with E-state index >= 15 is 0 Å². The third-order valence-electron chi connectivity index (χ3n) is 4.31. The number of rotatable bonds is 3. The summed E-state index contributed by atoms with van der Waals surface area (Å²) in [4.78, 5) is 0. The van der Waals surface area contributed by atoms with Gasteiger partial charge in [0.2, 0.25) is 0 Å². The lowest BCUT2D eigenvalue weighted by molar-refractivity contribution is 1.55. The quantitative estimate of drug-likeness (QED) is 0.344. The summed E-state index contributed by atoms with van der Waals surface area (Å²) in [5, 5.41) is 0. The first-order valence-electron chi connectivity index (χ1n) is 8.31. The highest BCUT2D eigenvalue weighted by Gasteiger charge is 2.07. The summed E-state index contributed by atoms with van der Waals surface area (Å²) >= 11 is 3.59. The summed E-state index contributed by atoms with van der Waals surface area (Å²) < 4.78 is 1.09. The van der Waals surface area contributed by atoms with Gasteiger partial charge in [0, 0.05) is 4.47 Å². The Morgan fingerprint density at radius 1 is 0.360 bits per heavy atom. The van der Waals surface area contributed by atoms with Crippen LogP contribution in [0, 0.1) is 0 Å². The van der Waals surface area contributed by atoms with Crippen molar-refractivity contribution in [3.8, 4) is 33.4 Å². The molecular weight excluding hydrogens is 368 g/mol. The molecule has 0 atom stereocenters. The van der Waals surface area contributed by atoms with Crippen LogP contribution < -0.4 is 0 Å².